The van der Waals surface area contributed by atoms with Crippen LogP contribution >= 0.6 is 0 Å². The molecule has 0 radical (unpaired) electrons. The molecule has 3 fully saturated rings. The van der Waals surface area contributed by atoms with Crippen LogP contribution in [-0.2, 0) is 34.0 Å². The third-order valence-corrected chi connectivity index (χ3v) is 13.7. The Morgan fingerprint density at radius 1 is 0.806 bits per heavy atom. The molecule has 5 aromatic rings. The number of ether oxygens (including phenoxy) is 3. The molecule has 3 amide bonds. The van der Waals surface area contributed by atoms with Crippen molar-refractivity contribution in [2.24, 2.45) is 5.92 Å². The zero-order valence-corrected chi connectivity index (χ0v) is 37.1. The average molecular weight is 904 g/mol. The zero-order valence-electron chi connectivity index (χ0n) is 37.1. The lowest BCUT2D eigenvalue weighted by molar-refractivity contribution is -0.178. The molecule has 13 nitrogen and oxygen atoms in total. The number of nitrogens with one attached hydrogen (secondary N) is 1. The Hall–Kier alpha value is -6.82. The van der Waals surface area contributed by atoms with Gasteiger partial charge in [-0.05, 0) is 83.8 Å². The van der Waals surface area contributed by atoms with Crippen molar-refractivity contribution < 1.29 is 48.7 Å². The number of phenols is 1. The van der Waals surface area contributed by atoms with Crippen LogP contribution in [0.1, 0.15) is 96.2 Å². The largest absolute Gasteiger partial charge is 0.508 e. The van der Waals surface area contributed by atoms with Gasteiger partial charge in [0.15, 0.2) is 0 Å². The van der Waals surface area contributed by atoms with Gasteiger partial charge in [-0.15, -0.1) is 0 Å². The van der Waals surface area contributed by atoms with Crippen molar-refractivity contribution in [3.63, 3.8) is 0 Å². The van der Waals surface area contributed by atoms with Crippen molar-refractivity contribution in [1.29, 1.82) is 0 Å². The number of rotatable bonds is 10. The maximum absolute atomic E-state index is 16.3. The van der Waals surface area contributed by atoms with E-state index in [-0.39, 0.29) is 36.8 Å². The van der Waals surface area contributed by atoms with Gasteiger partial charge in [-0.1, -0.05) is 128 Å². The van der Waals surface area contributed by atoms with E-state index < -0.39 is 71.1 Å². The fourth-order valence-electron chi connectivity index (χ4n) is 10.6. The van der Waals surface area contributed by atoms with Crippen molar-refractivity contribution >= 4 is 29.6 Å². The smallest absolute Gasteiger partial charge is 0.421 e. The number of esters is 1. The van der Waals surface area contributed by atoms with E-state index in [1.165, 1.54) is 19.2 Å². The van der Waals surface area contributed by atoms with Crippen molar-refractivity contribution in [2.45, 2.75) is 79.9 Å². The standard InChI is InChI=1S/C54H53N3O10/c1-65-31-32-66-52(63)56-42-26-21-35(27-30-53(64)28-13-2-3-14-29-53)33-41(42)54(51(56)62)44(49(60)55-34-43(59)36-15-7-4-8-16-36)46-50(61)67-47(38-19-11-6-12-20-38)45(37-17-9-5-10-18-37)57(46)48(54)39-22-24-40(58)25-23-39/h4-12,15-26,33,43-48,58-59,64H,2-3,13-14,28-29,31-32,34H2,1H3,(H,55,60). The van der Waals surface area contributed by atoms with Crippen LogP contribution in [0.3, 0.4) is 0 Å². The summed E-state index contributed by atoms with van der Waals surface area (Å²) >= 11 is 0. The fraction of sp³-hybridized carbons (Fsp3) is 0.333. The van der Waals surface area contributed by atoms with Gasteiger partial charge < -0.3 is 34.8 Å². The van der Waals surface area contributed by atoms with Crippen LogP contribution in [0.15, 0.2) is 133 Å². The number of hydrogen-bond donors (Lipinski definition) is 4. The predicted octanol–water partition coefficient (Wildman–Crippen LogP) is 7.13. The summed E-state index contributed by atoms with van der Waals surface area (Å²) in [5.41, 5.74) is -0.280. The molecule has 7 atom stereocenters. The number of morpholine rings is 1. The number of anilines is 1. The van der Waals surface area contributed by atoms with E-state index in [1.54, 1.807) is 60.7 Å². The molecular weight excluding hydrogens is 851 g/mol. The van der Waals surface area contributed by atoms with E-state index in [0.717, 1.165) is 30.6 Å². The summed E-state index contributed by atoms with van der Waals surface area (Å²) < 4.78 is 17.4. The van der Waals surface area contributed by atoms with Crippen LogP contribution in [-0.4, -0.2) is 82.6 Å². The molecule has 344 valence electrons. The lowest BCUT2D eigenvalue weighted by Gasteiger charge is -2.46. The highest BCUT2D eigenvalue weighted by atomic mass is 16.6. The minimum Gasteiger partial charge on any atom is -0.508 e. The lowest BCUT2D eigenvalue weighted by Crippen LogP contribution is -2.56. The molecule has 0 aromatic heterocycles. The van der Waals surface area contributed by atoms with Gasteiger partial charge in [0, 0.05) is 19.2 Å². The summed E-state index contributed by atoms with van der Waals surface area (Å²) in [7, 11) is 1.45. The van der Waals surface area contributed by atoms with E-state index in [1.807, 2.05) is 65.6 Å². The number of amides is 3. The number of carbonyl (C=O) groups is 4. The van der Waals surface area contributed by atoms with Crippen LogP contribution in [0.2, 0.25) is 0 Å². The monoisotopic (exact) mass is 903 g/mol. The first kappa shape index (κ1) is 45.3. The number of aromatic hydroxyl groups is 1. The zero-order chi connectivity index (χ0) is 46.7. The average Bonchev–Trinajstić information content (AvgIpc) is 3.69. The number of fused-ring (bicyclic) bond motifs is 3. The van der Waals surface area contributed by atoms with Crippen molar-refractivity contribution in [3.05, 3.63) is 167 Å². The van der Waals surface area contributed by atoms with Gasteiger partial charge in [0.05, 0.1) is 36.4 Å². The van der Waals surface area contributed by atoms with Crippen molar-refractivity contribution in [3.8, 4) is 17.6 Å². The number of methoxy groups -OCH3 is 1. The number of benzene rings is 5. The number of imide groups is 1. The van der Waals surface area contributed by atoms with Gasteiger partial charge >= 0.3 is 12.1 Å². The first-order valence-electron chi connectivity index (χ1n) is 22.8. The first-order valence-corrected chi connectivity index (χ1v) is 22.8. The highest BCUT2D eigenvalue weighted by Crippen LogP contribution is 2.66. The van der Waals surface area contributed by atoms with Crippen LogP contribution in [0.5, 0.6) is 5.75 Å². The van der Waals surface area contributed by atoms with Crippen molar-refractivity contribution in [1.82, 2.24) is 10.2 Å². The molecule has 5 aromatic carbocycles. The lowest BCUT2D eigenvalue weighted by atomic mass is 9.65. The Bertz CT molecular complexity index is 2660. The topological polar surface area (TPSA) is 175 Å². The second-order valence-corrected chi connectivity index (χ2v) is 17.7. The minimum absolute atomic E-state index is 0.0371. The Morgan fingerprint density at radius 3 is 2.10 bits per heavy atom. The molecule has 9 rings (SSSR count). The van der Waals surface area contributed by atoms with Gasteiger partial charge in [0.2, 0.25) is 11.8 Å². The van der Waals surface area contributed by atoms with E-state index >= 15 is 14.4 Å². The molecule has 67 heavy (non-hydrogen) atoms. The molecule has 4 aliphatic rings. The summed E-state index contributed by atoms with van der Waals surface area (Å²) in [6.45, 7) is -0.443. The van der Waals surface area contributed by atoms with Gasteiger partial charge in [-0.25, -0.2) is 9.69 Å². The summed E-state index contributed by atoms with van der Waals surface area (Å²) in [6, 6.07) is 35.0. The third kappa shape index (κ3) is 8.47. The Balaban J connectivity index is 1.31. The molecule has 7 unspecified atom stereocenters. The molecule has 0 bridgehead atoms. The summed E-state index contributed by atoms with van der Waals surface area (Å²) in [4.78, 5) is 64.5. The van der Waals surface area contributed by atoms with E-state index in [2.05, 4.69) is 17.2 Å². The quantitative estimate of drug-likeness (QED) is 0.0486. The summed E-state index contributed by atoms with van der Waals surface area (Å²) in [5.74, 6) is 2.24. The van der Waals surface area contributed by atoms with Gasteiger partial charge in [0.25, 0.3) is 0 Å². The highest BCUT2D eigenvalue weighted by molar-refractivity contribution is 6.23. The maximum atomic E-state index is 16.3. The van der Waals surface area contributed by atoms with Crippen LogP contribution in [0.4, 0.5) is 10.5 Å². The molecule has 3 heterocycles. The molecule has 1 saturated carbocycles. The second-order valence-electron chi connectivity index (χ2n) is 17.7. The highest BCUT2D eigenvalue weighted by Gasteiger charge is 2.75. The molecule has 4 N–H and O–H groups in total. The number of cyclic esters (lactones) is 1. The molecule has 1 aliphatic carbocycles. The molecule has 2 saturated heterocycles. The van der Waals surface area contributed by atoms with E-state index in [0.29, 0.717) is 40.7 Å². The molecular formula is C54H53N3O10. The number of aliphatic hydroxyl groups is 2. The Labute approximate surface area is 389 Å². The number of hydrogen-bond acceptors (Lipinski definition) is 11. The second kappa shape index (κ2) is 19.2. The molecule has 1 spiro atoms. The maximum Gasteiger partial charge on any atom is 0.421 e. The van der Waals surface area contributed by atoms with E-state index in [4.69, 9.17) is 14.2 Å². The van der Waals surface area contributed by atoms with Crippen LogP contribution < -0.4 is 10.2 Å². The third-order valence-electron chi connectivity index (χ3n) is 13.7. The number of carbonyl (C=O) groups excluding carboxylic acids is 4. The Morgan fingerprint density at radius 2 is 1.45 bits per heavy atom. The number of nitrogens with zero attached hydrogens (tertiary/aromatic N) is 2. The Kier molecular flexibility index (Phi) is 13.0. The summed E-state index contributed by atoms with van der Waals surface area (Å²) in [6.07, 6.45) is 1.47. The van der Waals surface area contributed by atoms with Crippen molar-refractivity contribution in [2.75, 3.05) is 31.8 Å². The first-order chi connectivity index (χ1) is 32.6. The van der Waals surface area contributed by atoms with Crippen LogP contribution in [0.25, 0.3) is 0 Å². The van der Waals surface area contributed by atoms with Gasteiger partial charge in [-0.3, -0.25) is 19.3 Å². The van der Waals surface area contributed by atoms with Gasteiger partial charge in [-0.2, -0.15) is 0 Å². The summed E-state index contributed by atoms with van der Waals surface area (Å²) in [5, 5.41) is 36.7. The minimum atomic E-state index is -2.12. The normalized spacial score (nSPS) is 24.6. The SMILES string of the molecule is COCCOC(=O)N1C(=O)C2(c3cc(C#CC4(O)CCCCCC4)ccc31)C(C(=O)NCC(O)c1ccccc1)C1C(=O)OC(c3ccccc3)C(c3ccccc3)N1C2c1ccc(O)cc1. The van der Waals surface area contributed by atoms with E-state index in [9.17, 15) is 20.1 Å². The predicted molar refractivity (Wildman–Crippen MR) is 247 cm³/mol. The number of phenolic OH excluding ortho intramolecular Hbond substituents is 1. The molecule has 3 aliphatic heterocycles. The fourth-order valence-corrected chi connectivity index (χ4v) is 10.6. The van der Waals surface area contributed by atoms with Crippen LogP contribution in [0, 0.1) is 17.8 Å². The number of aliphatic hydroxyl groups excluding tert-OH is 1. The molecule has 13 heteroatoms. The van der Waals surface area contributed by atoms with Gasteiger partial charge in [0.1, 0.15) is 35.5 Å².